The van der Waals surface area contributed by atoms with Crippen LogP contribution in [0.1, 0.15) is 17.5 Å². The zero-order valence-corrected chi connectivity index (χ0v) is 16.3. The van der Waals surface area contributed by atoms with Gasteiger partial charge in [-0.05, 0) is 22.7 Å². The van der Waals surface area contributed by atoms with Crippen molar-refractivity contribution in [3.63, 3.8) is 0 Å². The highest BCUT2D eigenvalue weighted by molar-refractivity contribution is 7.01. The summed E-state index contributed by atoms with van der Waals surface area (Å²) in [4.78, 5) is 11.5. The molecule has 0 radical (unpaired) electrons. The third kappa shape index (κ3) is 4.30. The van der Waals surface area contributed by atoms with Gasteiger partial charge in [-0.25, -0.2) is 0 Å². The molecule has 0 aliphatic heterocycles. The van der Waals surface area contributed by atoms with Gasteiger partial charge in [0.05, 0.1) is 20.8 Å². The van der Waals surface area contributed by atoms with E-state index in [4.69, 9.17) is 9.47 Å². The van der Waals surface area contributed by atoms with Crippen LogP contribution in [0.15, 0.2) is 42.5 Å². The van der Waals surface area contributed by atoms with Gasteiger partial charge < -0.3 is 14.6 Å². The molecular formula is C20H26O4Si. The van der Waals surface area contributed by atoms with Crippen LogP contribution in [0.3, 0.4) is 0 Å². The Morgan fingerprint density at radius 3 is 2.32 bits per heavy atom. The van der Waals surface area contributed by atoms with Gasteiger partial charge in [-0.1, -0.05) is 60.7 Å². The summed E-state index contributed by atoms with van der Waals surface area (Å²) in [6.07, 6.45) is 0.932. The number of aryl methyl sites for hydroxylation is 1. The number of esters is 1. The molecular weight excluding hydrogens is 332 g/mol. The lowest BCUT2D eigenvalue weighted by molar-refractivity contribution is -0.140. The number of aliphatic hydroxyl groups is 1. The molecule has 0 aliphatic rings. The quantitative estimate of drug-likeness (QED) is 0.608. The zero-order chi connectivity index (χ0) is 18.4. The third-order valence-corrected chi connectivity index (χ3v) is 8.18. The van der Waals surface area contributed by atoms with E-state index in [2.05, 4.69) is 31.3 Å². The molecule has 134 valence electrons. The largest absolute Gasteiger partial charge is 0.497 e. The van der Waals surface area contributed by atoms with E-state index >= 15 is 0 Å². The van der Waals surface area contributed by atoms with Crippen LogP contribution in [0.25, 0.3) is 0 Å². The van der Waals surface area contributed by atoms with E-state index in [-0.39, 0.29) is 12.6 Å². The van der Waals surface area contributed by atoms with Gasteiger partial charge in [0.1, 0.15) is 13.8 Å². The maximum Gasteiger partial charge on any atom is 0.305 e. The van der Waals surface area contributed by atoms with Crippen molar-refractivity contribution >= 4 is 24.4 Å². The average Bonchev–Trinajstić information content (AvgIpc) is 2.65. The maximum absolute atomic E-state index is 11.5. The van der Waals surface area contributed by atoms with Crippen molar-refractivity contribution in [3.05, 3.63) is 53.6 Å². The molecule has 0 atom stereocenters. The number of rotatable bonds is 7. The summed E-state index contributed by atoms with van der Waals surface area (Å²) in [6, 6.07) is 14.3. The summed E-state index contributed by atoms with van der Waals surface area (Å²) in [5, 5.41) is 11.7. The topological polar surface area (TPSA) is 55.8 Å². The van der Waals surface area contributed by atoms with Gasteiger partial charge in [0.2, 0.25) is 0 Å². The summed E-state index contributed by atoms with van der Waals surface area (Å²) >= 11 is 0. The predicted octanol–water partition coefficient (Wildman–Crippen LogP) is 2.12. The molecule has 5 heteroatoms. The molecule has 0 spiro atoms. The Kier molecular flexibility index (Phi) is 6.39. The van der Waals surface area contributed by atoms with Crippen molar-refractivity contribution in [3.8, 4) is 5.75 Å². The van der Waals surface area contributed by atoms with Crippen molar-refractivity contribution in [1.29, 1.82) is 0 Å². The van der Waals surface area contributed by atoms with Crippen molar-refractivity contribution in [2.75, 3.05) is 14.2 Å². The van der Waals surface area contributed by atoms with E-state index in [0.717, 1.165) is 16.9 Å². The first-order chi connectivity index (χ1) is 11.9. The number of hydrogen-bond acceptors (Lipinski definition) is 4. The lowest BCUT2D eigenvalue weighted by Crippen LogP contribution is -2.53. The minimum absolute atomic E-state index is 0.0502. The van der Waals surface area contributed by atoms with Crippen molar-refractivity contribution in [2.45, 2.75) is 32.5 Å². The minimum atomic E-state index is -1.98. The van der Waals surface area contributed by atoms with Gasteiger partial charge >= 0.3 is 5.97 Å². The van der Waals surface area contributed by atoms with E-state index in [0.29, 0.717) is 12.8 Å². The maximum atomic E-state index is 11.5. The number of para-hydroxylation sites is 1. The second-order valence-corrected chi connectivity index (χ2v) is 10.9. The molecule has 2 rings (SSSR count). The van der Waals surface area contributed by atoms with Gasteiger partial charge in [-0.15, -0.1) is 0 Å². The summed E-state index contributed by atoms with van der Waals surface area (Å²) in [5.74, 6) is 0.651. The second-order valence-electron chi connectivity index (χ2n) is 6.55. The lowest BCUT2D eigenvalue weighted by Gasteiger charge is -2.27. The molecule has 1 N–H and O–H groups in total. The van der Waals surface area contributed by atoms with Crippen LogP contribution in [-0.4, -0.2) is 33.4 Å². The molecule has 0 unspecified atom stereocenters. The second kappa shape index (κ2) is 8.32. The highest BCUT2D eigenvalue weighted by Crippen LogP contribution is 2.22. The highest BCUT2D eigenvalue weighted by Gasteiger charge is 2.30. The summed E-state index contributed by atoms with van der Waals surface area (Å²) in [7, 11) is 1.11. The smallest absolute Gasteiger partial charge is 0.305 e. The number of carbonyl (C=O) groups is 1. The van der Waals surface area contributed by atoms with E-state index in [1.807, 2.05) is 24.3 Å². The first-order valence-corrected chi connectivity index (χ1v) is 11.4. The van der Waals surface area contributed by atoms with Crippen LogP contribution in [0.4, 0.5) is 0 Å². The standard InChI is InChI=1S/C20H26O4Si/c1-23-19(22)13-10-16-6-5-7-18(20(16)24-2)25(3,4)17-11-8-15(14-21)9-12-17/h5-9,11-12,21H,10,13-14H2,1-4H3. The molecule has 2 aromatic carbocycles. The van der Waals surface area contributed by atoms with Crippen LogP contribution in [-0.2, 0) is 22.6 Å². The van der Waals surface area contributed by atoms with E-state index in [1.54, 1.807) is 7.11 Å². The fraction of sp³-hybridized carbons (Fsp3) is 0.350. The first kappa shape index (κ1) is 19.2. The Morgan fingerprint density at radius 1 is 1.08 bits per heavy atom. The SMILES string of the molecule is COC(=O)CCc1cccc([Si](C)(C)c2ccc(CO)cc2)c1OC. The molecule has 0 fully saturated rings. The Labute approximate surface area is 150 Å². The van der Waals surface area contributed by atoms with Gasteiger partial charge in [0.15, 0.2) is 0 Å². The van der Waals surface area contributed by atoms with E-state index in [9.17, 15) is 9.90 Å². The number of hydrogen-bond donors (Lipinski definition) is 1. The zero-order valence-electron chi connectivity index (χ0n) is 15.3. The Bertz CT molecular complexity index is 723. The highest BCUT2D eigenvalue weighted by atomic mass is 28.3. The number of carbonyl (C=O) groups excluding carboxylic acids is 1. The number of benzene rings is 2. The molecule has 0 heterocycles. The fourth-order valence-corrected chi connectivity index (χ4v) is 5.69. The third-order valence-electron chi connectivity index (χ3n) is 4.66. The van der Waals surface area contributed by atoms with Gasteiger partial charge in [-0.3, -0.25) is 4.79 Å². The molecule has 4 nitrogen and oxygen atoms in total. The Hall–Kier alpha value is -2.11. The molecule has 2 aromatic rings. The molecule has 25 heavy (non-hydrogen) atoms. The molecule has 0 bridgehead atoms. The Balaban J connectivity index is 2.40. The van der Waals surface area contributed by atoms with Crippen LogP contribution in [0.5, 0.6) is 5.75 Å². The van der Waals surface area contributed by atoms with Crippen molar-refractivity contribution < 1.29 is 19.4 Å². The number of ether oxygens (including phenoxy) is 2. The molecule has 0 amide bonds. The normalized spacial score (nSPS) is 11.2. The summed E-state index contributed by atoms with van der Waals surface area (Å²) < 4.78 is 10.5. The van der Waals surface area contributed by atoms with Crippen LogP contribution < -0.4 is 15.1 Å². The summed E-state index contributed by atoms with van der Waals surface area (Å²) in [5.41, 5.74) is 1.94. The predicted molar refractivity (Wildman–Crippen MR) is 102 cm³/mol. The van der Waals surface area contributed by atoms with Crippen LogP contribution >= 0.6 is 0 Å². The lowest BCUT2D eigenvalue weighted by atomic mass is 10.1. The monoisotopic (exact) mass is 358 g/mol. The fourth-order valence-electron chi connectivity index (χ4n) is 3.04. The van der Waals surface area contributed by atoms with Gasteiger partial charge in [-0.2, -0.15) is 0 Å². The number of aliphatic hydroxyl groups excluding tert-OH is 1. The van der Waals surface area contributed by atoms with Crippen LogP contribution in [0, 0.1) is 0 Å². The van der Waals surface area contributed by atoms with E-state index in [1.165, 1.54) is 17.5 Å². The minimum Gasteiger partial charge on any atom is -0.497 e. The van der Waals surface area contributed by atoms with Gasteiger partial charge in [0, 0.05) is 6.42 Å². The number of methoxy groups -OCH3 is 2. The van der Waals surface area contributed by atoms with Crippen LogP contribution in [0.2, 0.25) is 13.1 Å². The van der Waals surface area contributed by atoms with Gasteiger partial charge in [0.25, 0.3) is 0 Å². The summed E-state index contributed by atoms with van der Waals surface area (Å²) in [6.45, 7) is 4.61. The molecule has 0 aliphatic carbocycles. The van der Waals surface area contributed by atoms with Crippen molar-refractivity contribution in [2.24, 2.45) is 0 Å². The van der Waals surface area contributed by atoms with Crippen molar-refractivity contribution in [1.82, 2.24) is 0 Å². The molecule has 0 saturated heterocycles. The first-order valence-electron chi connectivity index (χ1n) is 8.37. The van der Waals surface area contributed by atoms with E-state index < -0.39 is 8.07 Å². The molecule has 0 saturated carbocycles. The molecule has 0 aromatic heterocycles. The Morgan fingerprint density at radius 2 is 1.76 bits per heavy atom. The average molecular weight is 359 g/mol.